The standard InChI is InChI=1S/C21H26N2O8S/c1-14(23-32(26,27)17-8-6-16(28-2)7-9-17)21(25)31-13-20(24)22-12-15-5-10-18(29-3)19(11-15)30-4/h5-11,14,23H,12-13H2,1-4H3,(H,22,24)/t14-/m0/s1. The minimum Gasteiger partial charge on any atom is -0.497 e. The third-order valence-electron chi connectivity index (χ3n) is 4.34. The van der Waals surface area contributed by atoms with E-state index in [1.165, 1.54) is 52.5 Å². The monoisotopic (exact) mass is 466 g/mol. The van der Waals surface area contributed by atoms with E-state index in [2.05, 4.69) is 10.0 Å². The summed E-state index contributed by atoms with van der Waals surface area (Å²) in [5.74, 6) is 0.142. The second-order valence-corrected chi connectivity index (χ2v) is 8.31. The molecule has 0 unspecified atom stereocenters. The van der Waals surface area contributed by atoms with Crippen molar-refractivity contribution in [2.75, 3.05) is 27.9 Å². The molecule has 0 aliphatic heterocycles. The SMILES string of the molecule is COc1ccc(S(=O)(=O)N[C@@H](C)C(=O)OCC(=O)NCc2ccc(OC)c(OC)c2)cc1. The number of sulfonamides is 1. The number of methoxy groups -OCH3 is 3. The number of rotatable bonds is 11. The van der Waals surface area contributed by atoms with Crippen molar-refractivity contribution in [3.63, 3.8) is 0 Å². The highest BCUT2D eigenvalue weighted by molar-refractivity contribution is 7.89. The molecule has 0 spiro atoms. The molecule has 0 bridgehead atoms. The zero-order valence-corrected chi connectivity index (χ0v) is 19.0. The van der Waals surface area contributed by atoms with Crippen molar-refractivity contribution in [2.45, 2.75) is 24.4 Å². The number of nitrogens with one attached hydrogen (secondary N) is 2. The van der Waals surface area contributed by atoms with Crippen LogP contribution in [-0.2, 0) is 30.9 Å². The molecule has 0 saturated carbocycles. The van der Waals surface area contributed by atoms with E-state index in [1.807, 2.05) is 0 Å². The van der Waals surface area contributed by atoms with Crippen molar-refractivity contribution >= 4 is 21.9 Å². The Bertz CT molecular complexity index is 1040. The Hall–Kier alpha value is -3.31. The highest BCUT2D eigenvalue weighted by Gasteiger charge is 2.23. The molecule has 0 saturated heterocycles. The van der Waals surface area contributed by atoms with Crippen LogP contribution in [0.1, 0.15) is 12.5 Å². The van der Waals surface area contributed by atoms with E-state index in [4.69, 9.17) is 18.9 Å². The molecule has 10 nitrogen and oxygen atoms in total. The van der Waals surface area contributed by atoms with Gasteiger partial charge in [-0.2, -0.15) is 4.72 Å². The summed E-state index contributed by atoms with van der Waals surface area (Å²) in [6.45, 7) is 0.946. The summed E-state index contributed by atoms with van der Waals surface area (Å²) in [4.78, 5) is 24.1. The van der Waals surface area contributed by atoms with Gasteiger partial charge in [-0.3, -0.25) is 9.59 Å². The summed E-state index contributed by atoms with van der Waals surface area (Å²) in [5, 5.41) is 2.60. The van der Waals surface area contributed by atoms with E-state index in [1.54, 1.807) is 18.2 Å². The molecule has 0 aromatic heterocycles. The van der Waals surface area contributed by atoms with E-state index in [-0.39, 0.29) is 11.4 Å². The molecule has 0 aliphatic carbocycles. The van der Waals surface area contributed by atoms with Gasteiger partial charge in [0.25, 0.3) is 5.91 Å². The van der Waals surface area contributed by atoms with Gasteiger partial charge in [-0.1, -0.05) is 6.07 Å². The van der Waals surface area contributed by atoms with Gasteiger partial charge in [-0.15, -0.1) is 0 Å². The first-order valence-electron chi connectivity index (χ1n) is 9.50. The predicted octanol–water partition coefficient (Wildman–Crippen LogP) is 1.24. The number of carbonyl (C=O) groups excluding carboxylic acids is 2. The van der Waals surface area contributed by atoms with Crippen LogP contribution in [-0.4, -0.2) is 54.3 Å². The van der Waals surface area contributed by atoms with Crippen LogP contribution in [0.2, 0.25) is 0 Å². The zero-order valence-electron chi connectivity index (χ0n) is 18.2. The second-order valence-electron chi connectivity index (χ2n) is 6.59. The average molecular weight is 467 g/mol. The van der Waals surface area contributed by atoms with Gasteiger partial charge in [0.05, 0.1) is 26.2 Å². The summed E-state index contributed by atoms with van der Waals surface area (Å²) < 4.78 is 47.2. The van der Waals surface area contributed by atoms with E-state index in [9.17, 15) is 18.0 Å². The maximum atomic E-state index is 12.4. The number of hydrogen-bond acceptors (Lipinski definition) is 8. The number of esters is 1. The maximum absolute atomic E-state index is 12.4. The molecule has 2 rings (SSSR count). The number of carbonyl (C=O) groups is 2. The summed E-state index contributed by atoms with van der Waals surface area (Å²) in [7, 11) is 0.530. The molecule has 174 valence electrons. The van der Waals surface area contributed by atoms with Crippen molar-refractivity contribution < 1.29 is 37.0 Å². The Morgan fingerprint density at radius 3 is 2.19 bits per heavy atom. The number of ether oxygens (including phenoxy) is 4. The molecule has 1 atom stereocenters. The fraction of sp³-hybridized carbons (Fsp3) is 0.333. The Kier molecular flexibility index (Phi) is 8.85. The molecule has 0 aliphatic rings. The van der Waals surface area contributed by atoms with Crippen molar-refractivity contribution in [1.29, 1.82) is 0 Å². The average Bonchev–Trinajstić information content (AvgIpc) is 2.80. The number of hydrogen-bond donors (Lipinski definition) is 2. The van der Waals surface area contributed by atoms with Crippen LogP contribution in [0.15, 0.2) is 47.4 Å². The lowest BCUT2D eigenvalue weighted by Gasteiger charge is -2.14. The van der Waals surface area contributed by atoms with Gasteiger partial charge in [0, 0.05) is 6.54 Å². The van der Waals surface area contributed by atoms with Gasteiger partial charge in [0.15, 0.2) is 18.1 Å². The first kappa shape index (κ1) is 25.0. The Morgan fingerprint density at radius 2 is 1.59 bits per heavy atom. The first-order valence-corrected chi connectivity index (χ1v) is 11.0. The summed E-state index contributed by atoms with van der Waals surface area (Å²) in [6.07, 6.45) is 0. The Balaban J connectivity index is 1.83. The van der Waals surface area contributed by atoms with Crippen LogP contribution < -0.4 is 24.2 Å². The van der Waals surface area contributed by atoms with Crippen LogP contribution in [0.4, 0.5) is 0 Å². The van der Waals surface area contributed by atoms with E-state index >= 15 is 0 Å². The van der Waals surface area contributed by atoms with Crippen LogP contribution in [0, 0.1) is 0 Å². The van der Waals surface area contributed by atoms with Crippen LogP contribution in [0.3, 0.4) is 0 Å². The van der Waals surface area contributed by atoms with Crippen LogP contribution in [0.5, 0.6) is 17.2 Å². The molecular formula is C21H26N2O8S. The fourth-order valence-electron chi connectivity index (χ4n) is 2.61. The van der Waals surface area contributed by atoms with Gasteiger partial charge >= 0.3 is 5.97 Å². The van der Waals surface area contributed by atoms with E-state index < -0.39 is 34.5 Å². The van der Waals surface area contributed by atoms with E-state index in [0.29, 0.717) is 17.2 Å². The molecule has 1 amide bonds. The van der Waals surface area contributed by atoms with Gasteiger partial charge in [0.2, 0.25) is 10.0 Å². The van der Waals surface area contributed by atoms with Gasteiger partial charge in [0.1, 0.15) is 11.8 Å². The van der Waals surface area contributed by atoms with Crippen molar-refractivity contribution in [3.8, 4) is 17.2 Å². The first-order chi connectivity index (χ1) is 15.2. The lowest BCUT2D eigenvalue weighted by Crippen LogP contribution is -2.40. The Labute approximate surface area is 186 Å². The number of benzene rings is 2. The van der Waals surface area contributed by atoms with Crippen molar-refractivity contribution in [1.82, 2.24) is 10.0 Å². The van der Waals surface area contributed by atoms with Crippen LogP contribution in [0.25, 0.3) is 0 Å². The van der Waals surface area contributed by atoms with Gasteiger partial charge in [-0.25, -0.2) is 8.42 Å². The minimum absolute atomic E-state index is 0.0365. The molecule has 0 heterocycles. The third-order valence-corrected chi connectivity index (χ3v) is 5.89. The summed E-state index contributed by atoms with van der Waals surface area (Å²) in [5.41, 5.74) is 0.753. The molecular weight excluding hydrogens is 440 g/mol. The molecule has 2 aromatic rings. The molecule has 2 aromatic carbocycles. The van der Waals surface area contributed by atoms with Crippen LogP contribution >= 0.6 is 0 Å². The smallest absolute Gasteiger partial charge is 0.324 e. The highest BCUT2D eigenvalue weighted by atomic mass is 32.2. The summed E-state index contributed by atoms with van der Waals surface area (Å²) >= 11 is 0. The second kappa shape index (κ2) is 11.3. The maximum Gasteiger partial charge on any atom is 0.324 e. The molecule has 11 heteroatoms. The zero-order chi connectivity index (χ0) is 23.7. The normalized spacial score (nSPS) is 11.9. The molecule has 2 N–H and O–H groups in total. The van der Waals surface area contributed by atoms with E-state index in [0.717, 1.165) is 5.56 Å². The topological polar surface area (TPSA) is 129 Å². The van der Waals surface area contributed by atoms with Gasteiger partial charge < -0.3 is 24.3 Å². The number of amides is 1. The van der Waals surface area contributed by atoms with Crippen molar-refractivity contribution in [3.05, 3.63) is 48.0 Å². The predicted molar refractivity (Wildman–Crippen MR) is 115 cm³/mol. The quantitative estimate of drug-likeness (QED) is 0.473. The lowest BCUT2D eigenvalue weighted by molar-refractivity contribution is -0.149. The van der Waals surface area contributed by atoms with Gasteiger partial charge in [-0.05, 0) is 48.9 Å². The molecule has 0 fully saturated rings. The molecule has 32 heavy (non-hydrogen) atoms. The molecule has 0 radical (unpaired) electrons. The minimum atomic E-state index is -3.96. The summed E-state index contributed by atoms with van der Waals surface area (Å²) in [6, 6.07) is 9.64. The lowest BCUT2D eigenvalue weighted by atomic mass is 10.2. The fourth-order valence-corrected chi connectivity index (χ4v) is 3.80. The highest BCUT2D eigenvalue weighted by Crippen LogP contribution is 2.27. The largest absolute Gasteiger partial charge is 0.497 e. The third kappa shape index (κ3) is 6.86. The Morgan fingerprint density at radius 1 is 0.938 bits per heavy atom. The van der Waals surface area contributed by atoms with Crippen molar-refractivity contribution in [2.24, 2.45) is 0 Å².